The van der Waals surface area contributed by atoms with Crippen molar-refractivity contribution in [1.82, 2.24) is 9.97 Å². The highest BCUT2D eigenvalue weighted by atomic mass is 16.2. The van der Waals surface area contributed by atoms with Crippen molar-refractivity contribution in [3.05, 3.63) is 34.9 Å². The molecule has 1 heterocycles. The second-order valence-electron chi connectivity index (χ2n) is 7.17. The van der Waals surface area contributed by atoms with Crippen LogP contribution in [0.4, 0.5) is 5.82 Å². The third-order valence-electron chi connectivity index (χ3n) is 4.61. The highest BCUT2D eigenvalue weighted by Crippen LogP contribution is 2.10. The first-order valence-corrected chi connectivity index (χ1v) is 10.7. The van der Waals surface area contributed by atoms with E-state index in [0.717, 1.165) is 12.8 Å². The molecule has 27 heavy (non-hydrogen) atoms. The van der Waals surface area contributed by atoms with Crippen molar-refractivity contribution in [2.24, 2.45) is 0 Å². The minimum Gasteiger partial charge on any atom is -0.312 e. The van der Waals surface area contributed by atoms with E-state index >= 15 is 0 Å². The number of rotatable bonds is 16. The van der Waals surface area contributed by atoms with Gasteiger partial charge in [-0.1, -0.05) is 70.4 Å². The molecule has 2 N–H and O–H groups in total. The van der Waals surface area contributed by atoms with E-state index in [9.17, 15) is 9.59 Å². The van der Waals surface area contributed by atoms with E-state index in [-0.39, 0.29) is 5.91 Å². The summed E-state index contributed by atoms with van der Waals surface area (Å²) >= 11 is 0. The van der Waals surface area contributed by atoms with Gasteiger partial charge in [0, 0.05) is 12.6 Å². The Balaban J connectivity index is 1.88. The van der Waals surface area contributed by atoms with Gasteiger partial charge in [-0.25, -0.2) is 9.78 Å². The normalized spacial score (nSPS) is 11.1. The van der Waals surface area contributed by atoms with Crippen LogP contribution in [0.15, 0.2) is 29.2 Å². The lowest BCUT2D eigenvalue weighted by molar-refractivity contribution is -0.116. The number of amides is 1. The molecule has 1 aromatic heterocycles. The third kappa shape index (κ3) is 13.9. The molecule has 0 spiro atoms. The van der Waals surface area contributed by atoms with E-state index in [0.29, 0.717) is 12.2 Å². The molecule has 5 heteroatoms. The van der Waals surface area contributed by atoms with Crippen LogP contribution in [0.5, 0.6) is 0 Å². The average Bonchev–Trinajstić information content (AvgIpc) is 2.65. The predicted molar refractivity (Wildman–Crippen MR) is 113 cm³/mol. The summed E-state index contributed by atoms with van der Waals surface area (Å²) in [6, 6.07) is 1.58. The Morgan fingerprint density at radius 2 is 1.56 bits per heavy atom. The topological polar surface area (TPSA) is 74.8 Å². The number of aromatic amines is 1. The summed E-state index contributed by atoms with van der Waals surface area (Å²) in [6.45, 7) is 2.26. The number of H-pyrrole nitrogens is 1. The standard InChI is InChI=1S/C22H37N3O2/c1-2-3-4-5-6-7-8-9-10-11-12-13-14-15-16-17-21(26)24-20-18-19-23-22(27)25-20/h9-10,18-19H,2-8,11-17H2,1H3,(H2,23,24,25,26,27)/b10-9-. The Labute approximate surface area is 164 Å². The minimum atomic E-state index is -0.450. The van der Waals surface area contributed by atoms with Crippen LogP contribution in [0, 0.1) is 0 Å². The van der Waals surface area contributed by atoms with Crippen molar-refractivity contribution in [2.75, 3.05) is 5.32 Å². The summed E-state index contributed by atoms with van der Waals surface area (Å²) in [5, 5.41) is 2.69. The lowest BCUT2D eigenvalue weighted by atomic mass is 10.1. The molecule has 5 nitrogen and oxygen atoms in total. The van der Waals surface area contributed by atoms with Gasteiger partial charge in [-0.15, -0.1) is 0 Å². The molecule has 0 bridgehead atoms. The molecular formula is C22H37N3O2. The van der Waals surface area contributed by atoms with Crippen molar-refractivity contribution >= 4 is 11.7 Å². The number of aromatic nitrogens is 2. The molecule has 0 fully saturated rings. The Morgan fingerprint density at radius 3 is 2.19 bits per heavy atom. The van der Waals surface area contributed by atoms with Gasteiger partial charge in [-0.2, -0.15) is 0 Å². The monoisotopic (exact) mass is 375 g/mol. The van der Waals surface area contributed by atoms with Crippen LogP contribution in [0.2, 0.25) is 0 Å². The molecule has 0 unspecified atom stereocenters. The SMILES string of the molecule is CCCCCCCC/C=C\CCCCCCCC(=O)Nc1ccnc(=O)[nH]1. The maximum Gasteiger partial charge on any atom is 0.346 e. The molecule has 0 aliphatic heterocycles. The number of allylic oxidation sites excluding steroid dienone is 2. The first-order valence-electron chi connectivity index (χ1n) is 10.7. The summed E-state index contributed by atoms with van der Waals surface area (Å²) < 4.78 is 0. The number of nitrogens with zero attached hydrogens (tertiary/aromatic N) is 1. The van der Waals surface area contributed by atoms with E-state index in [1.807, 2.05) is 0 Å². The van der Waals surface area contributed by atoms with Crippen molar-refractivity contribution < 1.29 is 4.79 Å². The smallest absolute Gasteiger partial charge is 0.312 e. The molecule has 152 valence electrons. The van der Waals surface area contributed by atoms with Crippen LogP contribution >= 0.6 is 0 Å². The van der Waals surface area contributed by atoms with E-state index in [1.165, 1.54) is 76.8 Å². The first kappa shape index (κ1) is 23.1. The van der Waals surface area contributed by atoms with Crippen molar-refractivity contribution in [3.63, 3.8) is 0 Å². The van der Waals surface area contributed by atoms with Crippen molar-refractivity contribution in [3.8, 4) is 0 Å². The highest BCUT2D eigenvalue weighted by molar-refractivity contribution is 5.89. The molecular weight excluding hydrogens is 338 g/mol. The number of anilines is 1. The Hall–Kier alpha value is -1.91. The summed E-state index contributed by atoms with van der Waals surface area (Å²) in [4.78, 5) is 28.9. The second-order valence-corrected chi connectivity index (χ2v) is 7.17. The number of nitrogens with one attached hydrogen (secondary N) is 2. The van der Waals surface area contributed by atoms with Gasteiger partial charge in [0.2, 0.25) is 5.91 Å². The molecule has 0 aromatic carbocycles. The molecule has 1 aromatic rings. The maximum atomic E-state index is 11.8. The largest absolute Gasteiger partial charge is 0.346 e. The zero-order valence-corrected chi connectivity index (χ0v) is 17.0. The summed E-state index contributed by atoms with van der Waals surface area (Å²) in [5.74, 6) is 0.349. The summed E-state index contributed by atoms with van der Waals surface area (Å²) in [6.07, 6.45) is 22.7. The Bertz CT molecular complexity index is 581. The van der Waals surface area contributed by atoms with Crippen molar-refractivity contribution in [2.45, 2.75) is 96.8 Å². The summed E-state index contributed by atoms with van der Waals surface area (Å²) in [7, 11) is 0. The van der Waals surface area contributed by atoms with Crippen LogP contribution in [0.3, 0.4) is 0 Å². The molecule has 1 rings (SSSR count). The highest BCUT2D eigenvalue weighted by Gasteiger charge is 2.02. The Kier molecular flexibility index (Phi) is 13.9. The van der Waals surface area contributed by atoms with Crippen LogP contribution in [-0.4, -0.2) is 15.9 Å². The fourth-order valence-electron chi connectivity index (χ4n) is 3.01. The number of carbonyl (C=O) groups is 1. The van der Waals surface area contributed by atoms with E-state index in [2.05, 4.69) is 34.4 Å². The van der Waals surface area contributed by atoms with Gasteiger partial charge < -0.3 is 5.32 Å². The van der Waals surface area contributed by atoms with Gasteiger partial charge in [-0.05, 0) is 38.2 Å². The van der Waals surface area contributed by atoms with Crippen LogP contribution < -0.4 is 11.0 Å². The second kappa shape index (κ2) is 16.3. The van der Waals surface area contributed by atoms with Gasteiger partial charge in [0.1, 0.15) is 5.82 Å². The molecule has 0 aliphatic rings. The average molecular weight is 376 g/mol. The van der Waals surface area contributed by atoms with Gasteiger partial charge in [0.25, 0.3) is 0 Å². The van der Waals surface area contributed by atoms with Crippen LogP contribution in [0.1, 0.15) is 96.8 Å². The number of hydrogen-bond donors (Lipinski definition) is 2. The summed E-state index contributed by atoms with van der Waals surface area (Å²) in [5.41, 5.74) is -0.450. The van der Waals surface area contributed by atoms with E-state index in [1.54, 1.807) is 6.07 Å². The van der Waals surface area contributed by atoms with Gasteiger partial charge in [-0.3, -0.25) is 9.78 Å². The number of hydrogen-bond acceptors (Lipinski definition) is 3. The van der Waals surface area contributed by atoms with Gasteiger partial charge in [0.15, 0.2) is 0 Å². The number of carbonyl (C=O) groups excluding carboxylic acids is 1. The molecule has 0 radical (unpaired) electrons. The fraction of sp³-hybridized carbons (Fsp3) is 0.682. The fourth-order valence-corrected chi connectivity index (χ4v) is 3.01. The van der Waals surface area contributed by atoms with Crippen LogP contribution in [0.25, 0.3) is 0 Å². The van der Waals surface area contributed by atoms with Gasteiger partial charge in [0.05, 0.1) is 0 Å². The molecule has 0 saturated carbocycles. The lowest BCUT2D eigenvalue weighted by Gasteiger charge is -2.04. The first-order chi connectivity index (χ1) is 13.2. The zero-order chi connectivity index (χ0) is 19.6. The van der Waals surface area contributed by atoms with E-state index in [4.69, 9.17) is 0 Å². The quantitative estimate of drug-likeness (QED) is 0.285. The minimum absolute atomic E-state index is 0.0607. The molecule has 0 aliphatic carbocycles. The molecule has 1 amide bonds. The molecule has 0 atom stereocenters. The predicted octanol–water partition coefficient (Wildman–Crippen LogP) is 5.75. The lowest BCUT2D eigenvalue weighted by Crippen LogP contribution is -2.17. The van der Waals surface area contributed by atoms with E-state index < -0.39 is 5.69 Å². The van der Waals surface area contributed by atoms with Gasteiger partial charge >= 0.3 is 5.69 Å². The Morgan fingerprint density at radius 1 is 0.963 bits per heavy atom. The maximum absolute atomic E-state index is 11.8. The molecule has 0 saturated heterocycles. The van der Waals surface area contributed by atoms with Crippen molar-refractivity contribution in [1.29, 1.82) is 0 Å². The zero-order valence-electron chi connectivity index (χ0n) is 17.0. The van der Waals surface area contributed by atoms with Crippen LogP contribution in [-0.2, 0) is 4.79 Å². The number of unbranched alkanes of at least 4 members (excludes halogenated alkanes) is 11. The third-order valence-corrected chi connectivity index (χ3v) is 4.61.